The molecule has 3 aromatic heterocycles. The van der Waals surface area contributed by atoms with Gasteiger partial charge in [-0.15, -0.1) is 0 Å². The average Bonchev–Trinajstić information content (AvgIpc) is 2.90. The zero-order valence-electron chi connectivity index (χ0n) is 13.8. The van der Waals surface area contributed by atoms with Crippen molar-refractivity contribution >= 4 is 48.7 Å². The van der Waals surface area contributed by atoms with E-state index in [-0.39, 0.29) is 17.6 Å². The highest BCUT2D eigenvalue weighted by atomic mass is 79.9. The summed E-state index contributed by atoms with van der Waals surface area (Å²) in [5, 5.41) is 0. The summed E-state index contributed by atoms with van der Waals surface area (Å²) in [5.41, 5.74) is 8.43. The number of fused-ring (bicyclic) bond motifs is 1. The molecule has 0 amide bonds. The van der Waals surface area contributed by atoms with Gasteiger partial charge in [-0.05, 0) is 57.0 Å². The molecule has 0 radical (unpaired) electrons. The molecular weight excluding hydrogens is 483 g/mol. The summed E-state index contributed by atoms with van der Waals surface area (Å²) in [6.07, 6.45) is 2.92. The number of nitrogen functional groups attached to an aromatic ring is 1. The Morgan fingerprint density at radius 2 is 1.96 bits per heavy atom. The van der Waals surface area contributed by atoms with Crippen LogP contribution in [0.3, 0.4) is 0 Å². The van der Waals surface area contributed by atoms with Crippen LogP contribution in [0, 0.1) is 12.7 Å². The average molecular weight is 494 g/mol. The van der Waals surface area contributed by atoms with E-state index in [1.807, 2.05) is 0 Å². The van der Waals surface area contributed by atoms with E-state index in [1.54, 1.807) is 29.8 Å². The summed E-state index contributed by atoms with van der Waals surface area (Å²) in [7, 11) is 0. The number of aromatic nitrogens is 5. The van der Waals surface area contributed by atoms with Gasteiger partial charge >= 0.3 is 6.01 Å². The Labute approximate surface area is 169 Å². The maximum Gasteiger partial charge on any atom is 0.322 e. The summed E-state index contributed by atoms with van der Waals surface area (Å²) in [4.78, 5) is 16.3. The molecule has 0 atom stereocenters. The quantitative estimate of drug-likeness (QED) is 0.450. The van der Waals surface area contributed by atoms with Gasteiger partial charge in [0.15, 0.2) is 17.4 Å². The minimum absolute atomic E-state index is 0.0141. The minimum Gasteiger partial charge on any atom is -0.421 e. The molecule has 4 rings (SSSR count). The van der Waals surface area contributed by atoms with Crippen LogP contribution in [-0.2, 0) is 0 Å². The lowest BCUT2D eigenvalue weighted by Crippen LogP contribution is -2.01. The molecule has 0 aliphatic heterocycles. The molecule has 136 valence electrons. The van der Waals surface area contributed by atoms with Crippen LogP contribution in [0.25, 0.3) is 16.7 Å². The number of rotatable bonds is 3. The molecule has 1 aromatic carbocycles. The molecule has 0 aliphatic rings. The van der Waals surface area contributed by atoms with Crippen molar-refractivity contribution < 1.29 is 9.13 Å². The Hall–Kier alpha value is -2.59. The summed E-state index contributed by atoms with van der Waals surface area (Å²) < 4.78 is 23.2. The van der Waals surface area contributed by atoms with Crippen molar-refractivity contribution in [1.82, 2.24) is 24.5 Å². The third-order valence-corrected chi connectivity index (χ3v) is 5.84. The molecule has 0 saturated heterocycles. The van der Waals surface area contributed by atoms with Gasteiger partial charge in [-0.2, -0.15) is 0 Å². The molecule has 0 saturated carbocycles. The zero-order valence-corrected chi connectivity index (χ0v) is 17.0. The maximum absolute atomic E-state index is 14.7. The minimum atomic E-state index is -0.571. The molecule has 2 N–H and O–H groups in total. The second-order valence-electron chi connectivity index (χ2n) is 5.59. The summed E-state index contributed by atoms with van der Waals surface area (Å²) in [5.74, 6) is -0.279. The highest BCUT2D eigenvalue weighted by Crippen LogP contribution is 2.38. The van der Waals surface area contributed by atoms with Crippen molar-refractivity contribution in [2.24, 2.45) is 0 Å². The van der Waals surface area contributed by atoms with Gasteiger partial charge in [0.25, 0.3) is 0 Å². The fourth-order valence-corrected chi connectivity index (χ4v) is 3.63. The van der Waals surface area contributed by atoms with Crippen molar-refractivity contribution in [3.8, 4) is 17.4 Å². The molecule has 4 aromatic rings. The number of halogens is 3. The van der Waals surface area contributed by atoms with E-state index in [9.17, 15) is 4.39 Å². The van der Waals surface area contributed by atoms with Crippen LogP contribution in [0.15, 0.2) is 45.9 Å². The van der Waals surface area contributed by atoms with Crippen LogP contribution >= 0.6 is 31.9 Å². The van der Waals surface area contributed by atoms with E-state index >= 15 is 0 Å². The Balaban J connectivity index is 1.80. The highest BCUT2D eigenvalue weighted by molar-refractivity contribution is 9.13. The van der Waals surface area contributed by atoms with Crippen molar-refractivity contribution in [3.63, 3.8) is 0 Å². The lowest BCUT2D eigenvalue weighted by Gasteiger charge is -2.11. The number of nitrogens with two attached hydrogens (primary N) is 1. The topological polar surface area (TPSA) is 91.7 Å². The fourth-order valence-electron chi connectivity index (χ4n) is 2.59. The van der Waals surface area contributed by atoms with Crippen LogP contribution in [0.4, 0.5) is 10.2 Å². The molecule has 0 fully saturated rings. The Kier molecular flexibility index (Phi) is 4.52. The number of benzene rings is 1. The Morgan fingerprint density at radius 3 is 2.70 bits per heavy atom. The van der Waals surface area contributed by atoms with Crippen LogP contribution in [0.1, 0.15) is 5.69 Å². The largest absolute Gasteiger partial charge is 0.421 e. The standard InChI is InChI=1S/C17H11Br2FN6O/c1-8-4-5-22-17(25-8)27-11-3-2-9(6-10(11)20)26-14-13(12(18)15(26)19)23-7-24-16(14)21/h2-7H,1H3,(H2,21,23,24). The number of nitrogens with zero attached hydrogens (tertiary/aromatic N) is 5. The van der Waals surface area contributed by atoms with Crippen molar-refractivity contribution in [3.05, 3.63) is 57.4 Å². The monoisotopic (exact) mass is 492 g/mol. The molecule has 7 nitrogen and oxygen atoms in total. The van der Waals surface area contributed by atoms with E-state index in [4.69, 9.17) is 10.5 Å². The molecule has 3 heterocycles. The van der Waals surface area contributed by atoms with Crippen molar-refractivity contribution in [1.29, 1.82) is 0 Å². The van der Waals surface area contributed by atoms with E-state index in [0.717, 1.165) is 5.69 Å². The predicted molar refractivity (Wildman–Crippen MR) is 105 cm³/mol. The number of hydrogen-bond acceptors (Lipinski definition) is 6. The van der Waals surface area contributed by atoms with Gasteiger partial charge in [-0.25, -0.2) is 24.3 Å². The second kappa shape index (κ2) is 6.86. The van der Waals surface area contributed by atoms with Crippen LogP contribution < -0.4 is 10.5 Å². The van der Waals surface area contributed by atoms with Gasteiger partial charge in [0.2, 0.25) is 0 Å². The lowest BCUT2D eigenvalue weighted by atomic mass is 10.3. The van der Waals surface area contributed by atoms with E-state index < -0.39 is 5.82 Å². The predicted octanol–water partition coefficient (Wildman–Crippen LogP) is 4.56. The third kappa shape index (κ3) is 3.15. The van der Waals surface area contributed by atoms with Crippen molar-refractivity contribution in [2.45, 2.75) is 6.92 Å². The number of ether oxygens (including phenoxy) is 1. The molecule has 0 unspecified atom stereocenters. The summed E-state index contributed by atoms with van der Waals surface area (Å²) in [6.45, 7) is 1.80. The van der Waals surface area contributed by atoms with Gasteiger partial charge < -0.3 is 10.5 Å². The first kappa shape index (κ1) is 17.8. The lowest BCUT2D eigenvalue weighted by molar-refractivity contribution is 0.410. The summed E-state index contributed by atoms with van der Waals surface area (Å²) in [6, 6.07) is 6.33. The molecule has 10 heteroatoms. The normalized spacial score (nSPS) is 11.1. The fraction of sp³-hybridized carbons (Fsp3) is 0.0588. The van der Waals surface area contributed by atoms with Gasteiger partial charge in [0, 0.05) is 18.0 Å². The van der Waals surface area contributed by atoms with Gasteiger partial charge in [-0.1, -0.05) is 0 Å². The highest BCUT2D eigenvalue weighted by Gasteiger charge is 2.20. The van der Waals surface area contributed by atoms with Crippen molar-refractivity contribution in [2.75, 3.05) is 5.73 Å². The van der Waals surface area contributed by atoms with E-state index in [2.05, 4.69) is 51.8 Å². The smallest absolute Gasteiger partial charge is 0.322 e. The first-order chi connectivity index (χ1) is 13.0. The zero-order chi connectivity index (χ0) is 19.1. The molecule has 0 aliphatic carbocycles. The maximum atomic E-state index is 14.7. The molecular formula is C17H11Br2FN6O. The Bertz CT molecular complexity index is 1180. The third-order valence-electron chi connectivity index (χ3n) is 3.81. The first-order valence-corrected chi connectivity index (χ1v) is 9.27. The van der Waals surface area contributed by atoms with E-state index in [0.29, 0.717) is 25.8 Å². The van der Waals surface area contributed by atoms with Crippen LogP contribution in [-0.4, -0.2) is 24.5 Å². The summed E-state index contributed by atoms with van der Waals surface area (Å²) >= 11 is 6.96. The molecule has 0 bridgehead atoms. The Morgan fingerprint density at radius 1 is 1.15 bits per heavy atom. The van der Waals surface area contributed by atoms with E-state index in [1.165, 1.54) is 18.5 Å². The molecule has 0 spiro atoms. The van der Waals surface area contributed by atoms with Gasteiger partial charge in [0.05, 0.1) is 10.2 Å². The number of aryl methyl sites for hydroxylation is 1. The van der Waals surface area contributed by atoms with Crippen LogP contribution in [0.2, 0.25) is 0 Å². The first-order valence-electron chi connectivity index (χ1n) is 7.69. The second-order valence-corrected chi connectivity index (χ2v) is 7.14. The molecule has 27 heavy (non-hydrogen) atoms. The van der Waals surface area contributed by atoms with Gasteiger partial charge in [-0.3, -0.25) is 4.57 Å². The van der Waals surface area contributed by atoms with Crippen LogP contribution in [0.5, 0.6) is 11.8 Å². The van der Waals surface area contributed by atoms with Gasteiger partial charge in [0.1, 0.15) is 22.0 Å². The number of hydrogen-bond donors (Lipinski definition) is 1. The number of anilines is 1. The SMILES string of the molecule is Cc1ccnc(Oc2ccc(-n3c(Br)c(Br)c4ncnc(N)c43)cc2F)n1.